The fraction of sp³-hybridized carbons (Fsp3) is 0.435. The zero-order chi connectivity index (χ0) is 21.3. The number of halogens is 1. The van der Waals surface area contributed by atoms with Gasteiger partial charge in [-0.2, -0.15) is 0 Å². The number of aromatic nitrogens is 1. The van der Waals surface area contributed by atoms with Crippen LogP contribution in [0.4, 0.5) is 5.82 Å². The number of pyridine rings is 1. The van der Waals surface area contributed by atoms with Crippen molar-refractivity contribution in [3.8, 4) is 0 Å². The van der Waals surface area contributed by atoms with E-state index in [0.29, 0.717) is 30.9 Å². The van der Waals surface area contributed by atoms with Crippen LogP contribution in [-0.2, 0) is 11.3 Å². The van der Waals surface area contributed by atoms with Crippen molar-refractivity contribution < 1.29 is 4.79 Å². The van der Waals surface area contributed by atoms with Gasteiger partial charge in [-0.3, -0.25) is 14.7 Å². The number of guanidine groups is 1. The van der Waals surface area contributed by atoms with Gasteiger partial charge in [-0.1, -0.05) is 36.4 Å². The molecule has 7 nitrogen and oxygen atoms in total. The average molecular weight is 536 g/mol. The van der Waals surface area contributed by atoms with Crippen LogP contribution in [0.2, 0.25) is 0 Å². The lowest BCUT2D eigenvalue weighted by Gasteiger charge is -2.21. The van der Waals surface area contributed by atoms with Gasteiger partial charge in [0.25, 0.3) is 0 Å². The zero-order valence-electron chi connectivity index (χ0n) is 18.5. The zero-order valence-corrected chi connectivity index (χ0v) is 20.8. The number of aliphatic imine (C=N–C) groups is 1. The number of nitrogens with zero attached hydrogens (tertiary/aromatic N) is 3. The normalized spacial score (nSPS) is 18.9. The van der Waals surface area contributed by atoms with E-state index >= 15 is 0 Å². The molecule has 1 aromatic heterocycles. The molecule has 2 aromatic rings. The van der Waals surface area contributed by atoms with Crippen LogP contribution in [-0.4, -0.2) is 54.0 Å². The molecule has 8 heteroatoms. The summed E-state index contributed by atoms with van der Waals surface area (Å²) < 4.78 is 0. The Hall–Kier alpha value is -2.20. The first kappa shape index (κ1) is 25.1. The maximum Gasteiger partial charge on any atom is 0.227 e. The maximum atomic E-state index is 12.1. The molecular weight excluding hydrogens is 503 g/mol. The smallest absolute Gasteiger partial charge is 0.227 e. The highest BCUT2D eigenvalue weighted by molar-refractivity contribution is 14.0. The second-order valence-electron chi connectivity index (χ2n) is 7.80. The number of rotatable bonds is 7. The van der Waals surface area contributed by atoms with Crippen LogP contribution in [0, 0.1) is 6.92 Å². The van der Waals surface area contributed by atoms with E-state index in [2.05, 4.69) is 68.1 Å². The molecule has 2 unspecified atom stereocenters. The summed E-state index contributed by atoms with van der Waals surface area (Å²) in [5.74, 6) is 1.25. The number of benzene rings is 1. The number of carbonyl (C=O) groups is 1. The Kier molecular flexibility index (Phi) is 10.2. The third-order valence-corrected chi connectivity index (χ3v) is 5.30. The highest BCUT2D eigenvalue weighted by Gasteiger charge is 2.29. The van der Waals surface area contributed by atoms with Gasteiger partial charge in [0.15, 0.2) is 5.96 Å². The number of hydrogen-bond donors (Lipinski definition) is 3. The summed E-state index contributed by atoms with van der Waals surface area (Å²) in [6, 6.07) is 17.0. The molecule has 3 N–H and O–H groups in total. The Balaban J connectivity index is 0.00000341. The summed E-state index contributed by atoms with van der Waals surface area (Å²) in [6.07, 6.45) is 1.41. The molecule has 0 radical (unpaired) electrons. The molecule has 1 aliphatic rings. The summed E-state index contributed by atoms with van der Waals surface area (Å²) in [5.41, 5.74) is 2.21. The van der Waals surface area contributed by atoms with Crippen LogP contribution < -0.4 is 16.0 Å². The van der Waals surface area contributed by atoms with Crippen LogP contribution in [0.25, 0.3) is 0 Å². The molecular formula is C23H33IN6O. The number of hydrogen-bond acceptors (Lipinski definition) is 4. The Morgan fingerprint density at radius 3 is 2.68 bits per heavy atom. The number of amides is 1. The molecule has 3 rings (SSSR count). The monoisotopic (exact) mass is 536 g/mol. The lowest BCUT2D eigenvalue weighted by atomic mass is 10.2. The first-order valence-electron chi connectivity index (χ1n) is 10.5. The number of carbonyl (C=O) groups excluding carboxylic acids is 1. The molecule has 168 valence electrons. The maximum absolute atomic E-state index is 12.1. The van der Waals surface area contributed by atoms with Gasteiger partial charge in [0, 0.05) is 50.9 Å². The summed E-state index contributed by atoms with van der Waals surface area (Å²) >= 11 is 0. The van der Waals surface area contributed by atoms with E-state index in [0.717, 1.165) is 31.2 Å². The predicted molar refractivity (Wildman–Crippen MR) is 137 cm³/mol. The number of nitrogens with one attached hydrogen (secondary N) is 3. The van der Waals surface area contributed by atoms with Crippen molar-refractivity contribution in [2.24, 2.45) is 4.99 Å². The van der Waals surface area contributed by atoms with Gasteiger partial charge in [0.1, 0.15) is 5.82 Å². The standard InChI is InChI=1S/C23H32N6O.HI/c1-17-8-7-11-21(26-17)28-22(30)12-13-25-23(24-3)27-20-14-18(2)29(16-20)15-19-9-5-4-6-10-19;/h4-11,18,20H,12-16H2,1-3H3,(H2,24,25,27)(H,26,28,30);1H. The minimum atomic E-state index is -0.0698. The fourth-order valence-electron chi connectivity index (χ4n) is 3.74. The quantitative estimate of drug-likeness (QED) is 0.288. The third-order valence-electron chi connectivity index (χ3n) is 5.30. The van der Waals surface area contributed by atoms with E-state index in [-0.39, 0.29) is 29.9 Å². The van der Waals surface area contributed by atoms with Crippen molar-refractivity contribution in [1.29, 1.82) is 0 Å². The second-order valence-corrected chi connectivity index (χ2v) is 7.80. The summed E-state index contributed by atoms with van der Waals surface area (Å²) in [5, 5.41) is 9.56. The van der Waals surface area contributed by atoms with Gasteiger partial charge in [-0.25, -0.2) is 4.98 Å². The summed E-state index contributed by atoms with van der Waals surface area (Å²) in [6.45, 7) is 6.60. The molecule has 1 fully saturated rings. The first-order chi connectivity index (χ1) is 14.5. The Bertz CT molecular complexity index is 860. The van der Waals surface area contributed by atoms with E-state index < -0.39 is 0 Å². The molecule has 1 aromatic carbocycles. The lowest BCUT2D eigenvalue weighted by Crippen LogP contribution is -2.45. The van der Waals surface area contributed by atoms with E-state index in [1.54, 1.807) is 13.1 Å². The van der Waals surface area contributed by atoms with Crippen LogP contribution in [0.3, 0.4) is 0 Å². The number of aryl methyl sites for hydroxylation is 1. The predicted octanol–water partition coefficient (Wildman–Crippen LogP) is 3.16. The average Bonchev–Trinajstić information content (AvgIpc) is 3.06. The van der Waals surface area contributed by atoms with E-state index in [1.165, 1.54) is 5.56 Å². The molecule has 1 saturated heterocycles. The number of anilines is 1. The van der Waals surface area contributed by atoms with Crippen LogP contribution in [0.1, 0.15) is 31.0 Å². The van der Waals surface area contributed by atoms with Crippen LogP contribution >= 0.6 is 24.0 Å². The highest BCUT2D eigenvalue weighted by atomic mass is 127. The topological polar surface area (TPSA) is 81.6 Å². The molecule has 0 aliphatic carbocycles. The summed E-state index contributed by atoms with van der Waals surface area (Å²) in [4.78, 5) is 23.2. The van der Waals surface area contributed by atoms with Crippen molar-refractivity contribution >= 4 is 41.7 Å². The summed E-state index contributed by atoms with van der Waals surface area (Å²) in [7, 11) is 1.76. The Morgan fingerprint density at radius 2 is 1.97 bits per heavy atom. The largest absolute Gasteiger partial charge is 0.356 e. The van der Waals surface area contributed by atoms with Gasteiger partial charge in [0.2, 0.25) is 5.91 Å². The molecule has 1 aliphatic heterocycles. The van der Waals surface area contributed by atoms with Crippen molar-refractivity contribution in [2.45, 2.75) is 45.3 Å². The van der Waals surface area contributed by atoms with Gasteiger partial charge in [-0.15, -0.1) is 24.0 Å². The van der Waals surface area contributed by atoms with Crippen molar-refractivity contribution in [2.75, 3.05) is 25.5 Å². The van der Waals surface area contributed by atoms with Crippen LogP contribution in [0.5, 0.6) is 0 Å². The van der Waals surface area contributed by atoms with Crippen molar-refractivity contribution in [3.63, 3.8) is 0 Å². The minimum absolute atomic E-state index is 0. The van der Waals surface area contributed by atoms with Crippen LogP contribution in [0.15, 0.2) is 53.5 Å². The van der Waals surface area contributed by atoms with Gasteiger partial charge in [-0.05, 0) is 38.0 Å². The molecule has 0 spiro atoms. The molecule has 2 heterocycles. The molecule has 1 amide bonds. The molecule has 0 saturated carbocycles. The SMILES string of the molecule is CN=C(NCCC(=O)Nc1cccc(C)n1)NC1CC(C)N(Cc2ccccc2)C1.I. The molecule has 2 atom stereocenters. The van der Waals surface area contributed by atoms with E-state index in [4.69, 9.17) is 0 Å². The van der Waals surface area contributed by atoms with Gasteiger partial charge < -0.3 is 16.0 Å². The Morgan fingerprint density at radius 1 is 1.19 bits per heavy atom. The number of likely N-dealkylation sites (tertiary alicyclic amines) is 1. The fourth-order valence-corrected chi connectivity index (χ4v) is 3.74. The van der Waals surface area contributed by atoms with E-state index in [9.17, 15) is 4.79 Å². The van der Waals surface area contributed by atoms with E-state index in [1.807, 2.05) is 19.1 Å². The minimum Gasteiger partial charge on any atom is -0.356 e. The highest BCUT2D eigenvalue weighted by Crippen LogP contribution is 2.20. The van der Waals surface area contributed by atoms with Gasteiger partial charge >= 0.3 is 0 Å². The Labute approximate surface area is 202 Å². The first-order valence-corrected chi connectivity index (χ1v) is 10.5. The third kappa shape index (κ3) is 8.10. The van der Waals surface area contributed by atoms with Crippen molar-refractivity contribution in [1.82, 2.24) is 20.5 Å². The molecule has 31 heavy (non-hydrogen) atoms. The van der Waals surface area contributed by atoms with Crippen molar-refractivity contribution in [3.05, 3.63) is 59.8 Å². The second kappa shape index (κ2) is 12.6. The lowest BCUT2D eigenvalue weighted by molar-refractivity contribution is -0.116. The molecule has 0 bridgehead atoms. The van der Waals surface area contributed by atoms with Gasteiger partial charge in [0.05, 0.1) is 0 Å².